The van der Waals surface area contributed by atoms with Crippen molar-refractivity contribution >= 4 is 44.4 Å². The molecule has 0 unspecified atom stereocenters. The van der Waals surface area contributed by atoms with Gasteiger partial charge in [-0.05, 0) is 115 Å². The maximum absolute atomic E-state index is 7.01. The van der Waals surface area contributed by atoms with Crippen LogP contribution in [-0.2, 0) is 5.41 Å². The molecule has 0 saturated carbocycles. The van der Waals surface area contributed by atoms with Gasteiger partial charge in [-0.15, -0.1) is 0 Å². The number of furan rings is 1. The van der Waals surface area contributed by atoms with Crippen molar-refractivity contribution < 1.29 is 4.42 Å². The Morgan fingerprint density at radius 2 is 1.08 bits per heavy atom. The molecule has 0 fully saturated rings. The second kappa shape index (κ2) is 14.1. The summed E-state index contributed by atoms with van der Waals surface area (Å²) < 4.78 is 7.01. The number of fused-ring (bicyclic) bond motifs is 12. The largest absolute Gasteiger partial charge is 0.454 e. The fourth-order valence-corrected chi connectivity index (χ4v) is 10.5. The van der Waals surface area contributed by atoms with Crippen LogP contribution in [0.5, 0.6) is 0 Å². The van der Waals surface area contributed by atoms with Crippen molar-refractivity contribution in [2.75, 3.05) is 4.90 Å². The van der Waals surface area contributed by atoms with E-state index in [1.807, 2.05) is 18.2 Å². The molecule has 1 spiro atoms. The molecule has 0 atom stereocenters. The van der Waals surface area contributed by atoms with E-state index < -0.39 is 0 Å². The summed E-state index contributed by atoms with van der Waals surface area (Å²) in [6.45, 7) is 6.21. The maximum atomic E-state index is 7.01. The number of allylic oxidation sites excluding steroid dienone is 2. The van der Waals surface area contributed by atoms with Gasteiger partial charge in [0.2, 0.25) is 0 Å². The summed E-state index contributed by atoms with van der Waals surface area (Å²) in [5.74, 6) is 0.844. The van der Waals surface area contributed by atoms with Crippen LogP contribution in [0.4, 0.5) is 17.1 Å². The third-order valence-electron chi connectivity index (χ3n) is 13.2. The zero-order valence-corrected chi connectivity index (χ0v) is 34.3. The van der Waals surface area contributed by atoms with Crippen LogP contribution in [0.15, 0.2) is 229 Å². The molecule has 0 aliphatic heterocycles. The summed E-state index contributed by atoms with van der Waals surface area (Å²) in [5, 5.41) is 3.46. The Hall–Kier alpha value is -7.94. The molecule has 62 heavy (non-hydrogen) atoms. The summed E-state index contributed by atoms with van der Waals surface area (Å²) in [6, 6.07) is 75.3. The molecule has 9 aromatic carbocycles. The van der Waals surface area contributed by atoms with Gasteiger partial charge < -0.3 is 9.32 Å². The molecular weight excluding hydrogens is 751 g/mol. The number of hydrogen-bond acceptors (Lipinski definition) is 2. The molecule has 0 saturated heterocycles. The maximum Gasteiger partial charge on any atom is 0.159 e. The van der Waals surface area contributed by atoms with Gasteiger partial charge in [-0.25, -0.2) is 0 Å². The normalized spacial score (nSPS) is 13.2. The third kappa shape index (κ3) is 5.23. The Labute approximate surface area is 362 Å². The second-order valence-electron chi connectivity index (χ2n) is 16.5. The van der Waals surface area contributed by atoms with Crippen LogP contribution in [0.2, 0.25) is 0 Å². The first kappa shape index (κ1) is 36.0. The first-order valence-corrected chi connectivity index (χ1v) is 21.4. The van der Waals surface area contributed by atoms with Crippen molar-refractivity contribution in [2.45, 2.75) is 12.3 Å². The highest BCUT2D eigenvalue weighted by Gasteiger charge is 2.51. The first-order valence-electron chi connectivity index (χ1n) is 21.4. The van der Waals surface area contributed by atoms with E-state index in [4.69, 9.17) is 4.42 Å². The van der Waals surface area contributed by atoms with Gasteiger partial charge in [0.15, 0.2) is 5.58 Å². The zero-order chi connectivity index (χ0) is 41.4. The summed E-state index contributed by atoms with van der Waals surface area (Å²) in [7, 11) is 0. The Bertz CT molecular complexity index is 3380. The zero-order valence-electron chi connectivity index (χ0n) is 34.3. The monoisotopic (exact) mass is 791 g/mol. The first-order chi connectivity index (χ1) is 30.6. The van der Waals surface area contributed by atoms with Crippen LogP contribution in [0.25, 0.3) is 60.7 Å². The van der Waals surface area contributed by atoms with Crippen molar-refractivity contribution in [3.8, 4) is 33.4 Å². The van der Waals surface area contributed by atoms with E-state index in [0.29, 0.717) is 0 Å². The minimum Gasteiger partial charge on any atom is -0.454 e. The number of anilines is 3. The topological polar surface area (TPSA) is 16.4 Å². The highest BCUT2D eigenvalue weighted by Crippen LogP contribution is 2.63. The average Bonchev–Trinajstić information content (AvgIpc) is 3.94. The molecule has 0 amide bonds. The minimum atomic E-state index is -0.387. The highest BCUT2D eigenvalue weighted by molar-refractivity contribution is 6.01. The Kier molecular flexibility index (Phi) is 8.17. The van der Waals surface area contributed by atoms with Crippen LogP contribution in [-0.4, -0.2) is 0 Å². The molecule has 2 aliphatic rings. The molecule has 2 aliphatic carbocycles. The molecule has 12 rings (SSSR count). The van der Waals surface area contributed by atoms with Crippen LogP contribution in [0, 0.1) is 6.92 Å². The molecule has 1 heterocycles. The third-order valence-corrected chi connectivity index (χ3v) is 13.2. The van der Waals surface area contributed by atoms with Crippen LogP contribution in [0.3, 0.4) is 0 Å². The predicted molar refractivity (Wildman–Crippen MR) is 259 cm³/mol. The summed E-state index contributed by atoms with van der Waals surface area (Å²) in [4.78, 5) is 2.34. The molecule has 1 aromatic heterocycles. The van der Waals surface area contributed by atoms with E-state index >= 15 is 0 Å². The van der Waals surface area contributed by atoms with Gasteiger partial charge in [0.1, 0.15) is 5.76 Å². The molecule has 0 bridgehead atoms. The standard InChI is InChI=1S/C60H41NO/c1-3-16-48(42-18-5-4-6-19-42)58-39(2)47-24-15-28-57(59(47)62-58)61(46-35-31-40-17-7-8-20-43(40)37-46)45-33-29-41(30-34-45)44-32-36-52-51-23-11-14-27-55(51)60(56(52)38-44)53-25-12-9-21-49(53)50-22-10-13-26-54(50)60/h3-38H,1H2,2H3/b48-16-. The minimum absolute atomic E-state index is 0.387. The van der Waals surface area contributed by atoms with Crippen LogP contribution >= 0.6 is 0 Å². The van der Waals surface area contributed by atoms with Gasteiger partial charge in [-0.2, -0.15) is 0 Å². The number of hydrogen-bond donors (Lipinski definition) is 0. The van der Waals surface area contributed by atoms with Gasteiger partial charge >= 0.3 is 0 Å². The van der Waals surface area contributed by atoms with Crippen molar-refractivity contribution in [2.24, 2.45) is 0 Å². The van der Waals surface area contributed by atoms with Gasteiger partial charge in [-0.1, -0.05) is 189 Å². The lowest BCUT2D eigenvalue weighted by molar-refractivity contribution is 0.597. The summed E-state index contributed by atoms with van der Waals surface area (Å²) in [6.07, 6.45) is 3.88. The number of para-hydroxylation sites is 1. The number of nitrogens with zero attached hydrogens (tertiary/aromatic N) is 1. The van der Waals surface area contributed by atoms with Crippen molar-refractivity contribution in [3.05, 3.63) is 264 Å². The fraction of sp³-hybridized carbons (Fsp3) is 0.0333. The Morgan fingerprint density at radius 3 is 1.76 bits per heavy atom. The van der Waals surface area contributed by atoms with E-state index in [1.54, 1.807) is 0 Å². The number of aryl methyl sites for hydroxylation is 1. The smallest absolute Gasteiger partial charge is 0.159 e. The molecular formula is C60H41NO. The molecule has 0 radical (unpaired) electrons. The van der Waals surface area contributed by atoms with E-state index in [1.165, 1.54) is 60.8 Å². The fourth-order valence-electron chi connectivity index (χ4n) is 10.5. The van der Waals surface area contributed by atoms with Crippen molar-refractivity contribution in [1.82, 2.24) is 0 Å². The molecule has 0 N–H and O–H groups in total. The van der Waals surface area contributed by atoms with Crippen LogP contribution in [0.1, 0.15) is 39.1 Å². The molecule has 2 nitrogen and oxygen atoms in total. The predicted octanol–water partition coefficient (Wildman–Crippen LogP) is 16.0. The van der Waals surface area contributed by atoms with Gasteiger partial charge in [-0.3, -0.25) is 0 Å². The SMILES string of the molecule is C=C/C=C(/c1ccccc1)c1oc2c(N(c3ccc(-c4ccc5c(c4)C4(c6ccccc6-c6ccccc64)c4ccccc4-5)cc3)c3ccc4ccccc4c3)cccc2c1C. The van der Waals surface area contributed by atoms with E-state index in [-0.39, 0.29) is 5.41 Å². The van der Waals surface area contributed by atoms with E-state index in [9.17, 15) is 0 Å². The van der Waals surface area contributed by atoms with Crippen molar-refractivity contribution in [1.29, 1.82) is 0 Å². The highest BCUT2D eigenvalue weighted by atomic mass is 16.3. The Morgan fingerprint density at radius 1 is 0.500 bits per heavy atom. The number of rotatable bonds is 7. The molecule has 292 valence electrons. The van der Waals surface area contributed by atoms with Crippen molar-refractivity contribution in [3.63, 3.8) is 0 Å². The summed E-state index contributed by atoms with van der Waals surface area (Å²) >= 11 is 0. The van der Waals surface area contributed by atoms with Gasteiger partial charge in [0.05, 0.1) is 11.1 Å². The lowest BCUT2D eigenvalue weighted by atomic mass is 9.70. The quantitative estimate of drug-likeness (QED) is 0.150. The van der Waals surface area contributed by atoms with Gasteiger partial charge in [0, 0.05) is 27.9 Å². The van der Waals surface area contributed by atoms with E-state index in [0.717, 1.165) is 56.1 Å². The second-order valence-corrected chi connectivity index (χ2v) is 16.5. The summed E-state index contributed by atoms with van der Waals surface area (Å²) in [5.41, 5.74) is 19.7. The van der Waals surface area contributed by atoms with E-state index in [2.05, 4.69) is 219 Å². The average molecular weight is 792 g/mol. The molecule has 10 aromatic rings. The van der Waals surface area contributed by atoms with Gasteiger partial charge in [0.25, 0.3) is 0 Å². The number of benzene rings is 9. The lowest BCUT2D eigenvalue weighted by Gasteiger charge is -2.30. The Balaban J connectivity index is 1.01. The molecule has 2 heteroatoms. The van der Waals surface area contributed by atoms with Crippen LogP contribution < -0.4 is 4.90 Å². The lowest BCUT2D eigenvalue weighted by Crippen LogP contribution is -2.25.